The fraction of sp³-hybridized carbons (Fsp3) is 0.444. The number of amides is 1. The third-order valence-electron chi connectivity index (χ3n) is 4.48. The first kappa shape index (κ1) is 18.4. The Hall–Kier alpha value is -2.35. The summed E-state index contributed by atoms with van der Waals surface area (Å²) in [5.41, 5.74) is 0.171. The SMILES string of the molecule is CCN1CCN(Cc2nc(-c3cccc(C(F)(F)F)c3)oc2C)CC1=O. The highest BCUT2D eigenvalue weighted by Gasteiger charge is 2.31. The molecule has 1 amide bonds. The van der Waals surface area contributed by atoms with Gasteiger partial charge >= 0.3 is 6.18 Å². The largest absolute Gasteiger partial charge is 0.441 e. The van der Waals surface area contributed by atoms with E-state index < -0.39 is 11.7 Å². The van der Waals surface area contributed by atoms with Crippen molar-refractivity contribution in [1.29, 1.82) is 0 Å². The number of carbonyl (C=O) groups is 1. The highest BCUT2D eigenvalue weighted by molar-refractivity contribution is 5.79. The van der Waals surface area contributed by atoms with Gasteiger partial charge in [0.2, 0.25) is 11.8 Å². The molecule has 1 aromatic carbocycles. The molecule has 1 aliphatic heterocycles. The lowest BCUT2D eigenvalue weighted by Gasteiger charge is -2.33. The van der Waals surface area contributed by atoms with Crippen molar-refractivity contribution in [2.24, 2.45) is 0 Å². The monoisotopic (exact) mass is 367 g/mol. The highest BCUT2D eigenvalue weighted by Crippen LogP contribution is 2.32. The zero-order chi connectivity index (χ0) is 18.9. The molecule has 1 aromatic heterocycles. The predicted octanol–water partition coefficient (Wildman–Crippen LogP) is 3.33. The van der Waals surface area contributed by atoms with Crippen LogP contribution in [0.25, 0.3) is 11.5 Å². The van der Waals surface area contributed by atoms with Crippen LogP contribution in [0, 0.1) is 6.92 Å². The maximum absolute atomic E-state index is 12.9. The summed E-state index contributed by atoms with van der Waals surface area (Å²) in [5, 5.41) is 0. The molecule has 0 bridgehead atoms. The summed E-state index contributed by atoms with van der Waals surface area (Å²) in [7, 11) is 0. The molecule has 1 fully saturated rings. The third kappa shape index (κ3) is 3.90. The molecular formula is C18H20F3N3O2. The van der Waals surface area contributed by atoms with E-state index in [1.807, 2.05) is 11.8 Å². The molecule has 1 aliphatic rings. The second-order valence-corrected chi connectivity index (χ2v) is 6.28. The number of halogens is 3. The summed E-state index contributed by atoms with van der Waals surface area (Å²) in [6, 6.07) is 4.91. The quantitative estimate of drug-likeness (QED) is 0.832. The first-order chi connectivity index (χ1) is 12.3. The van der Waals surface area contributed by atoms with Crippen molar-refractivity contribution in [1.82, 2.24) is 14.8 Å². The van der Waals surface area contributed by atoms with Crippen LogP contribution in [0.4, 0.5) is 13.2 Å². The van der Waals surface area contributed by atoms with E-state index in [1.54, 1.807) is 11.8 Å². The van der Waals surface area contributed by atoms with Gasteiger partial charge in [-0.2, -0.15) is 13.2 Å². The molecule has 0 aliphatic carbocycles. The first-order valence-electron chi connectivity index (χ1n) is 8.42. The van der Waals surface area contributed by atoms with Crippen molar-refractivity contribution in [3.05, 3.63) is 41.3 Å². The Morgan fingerprint density at radius 2 is 2.04 bits per heavy atom. The van der Waals surface area contributed by atoms with Crippen molar-refractivity contribution in [3.63, 3.8) is 0 Å². The van der Waals surface area contributed by atoms with Crippen LogP contribution in [0.15, 0.2) is 28.7 Å². The number of carbonyl (C=O) groups excluding carboxylic acids is 1. The summed E-state index contributed by atoms with van der Waals surface area (Å²) >= 11 is 0. The molecule has 0 spiro atoms. The summed E-state index contributed by atoms with van der Waals surface area (Å²) < 4.78 is 44.2. The average Bonchev–Trinajstić information content (AvgIpc) is 2.95. The highest BCUT2D eigenvalue weighted by atomic mass is 19.4. The molecule has 3 rings (SSSR count). The summed E-state index contributed by atoms with van der Waals surface area (Å²) in [6.07, 6.45) is -4.42. The summed E-state index contributed by atoms with van der Waals surface area (Å²) in [6.45, 7) is 6.48. The van der Waals surface area contributed by atoms with Crippen LogP contribution in [0.5, 0.6) is 0 Å². The zero-order valence-electron chi connectivity index (χ0n) is 14.6. The number of rotatable bonds is 4. The fourth-order valence-electron chi connectivity index (χ4n) is 2.97. The molecule has 0 atom stereocenters. The molecule has 1 saturated heterocycles. The fourth-order valence-corrected chi connectivity index (χ4v) is 2.97. The van der Waals surface area contributed by atoms with Crippen molar-refractivity contribution in [2.75, 3.05) is 26.2 Å². The van der Waals surface area contributed by atoms with Gasteiger partial charge in [-0.3, -0.25) is 9.69 Å². The number of alkyl halides is 3. The van der Waals surface area contributed by atoms with Gasteiger partial charge in [0.05, 0.1) is 17.8 Å². The Kier molecular flexibility index (Phi) is 5.04. The molecule has 0 radical (unpaired) electrons. The van der Waals surface area contributed by atoms with E-state index in [4.69, 9.17) is 4.42 Å². The first-order valence-corrected chi connectivity index (χ1v) is 8.42. The van der Waals surface area contributed by atoms with Crippen molar-refractivity contribution in [2.45, 2.75) is 26.6 Å². The molecule has 0 unspecified atom stereocenters. The van der Waals surface area contributed by atoms with Gasteiger partial charge in [-0.15, -0.1) is 0 Å². The molecular weight excluding hydrogens is 347 g/mol. The van der Waals surface area contributed by atoms with Gasteiger partial charge in [0.25, 0.3) is 0 Å². The van der Waals surface area contributed by atoms with Crippen molar-refractivity contribution < 1.29 is 22.4 Å². The maximum atomic E-state index is 12.9. The maximum Gasteiger partial charge on any atom is 0.416 e. The Balaban J connectivity index is 1.77. The topological polar surface area (TPSA) is 49.6 Å². The molecule has 0 N–H and O–H groups in total. The van der Waals surface area contributed by atoms with Crippen LogP contribution >= 0.6 is 0 Å². The summed E-state index contributed by atoms with van der Waals surface area (Å²) in [5.74, 6) is 0.767. The molecule has 2 heterocycles. The van der Waals surface area contributed by atoms with E-state index in [9.17, 15) is 18.0 Å². The van der Waals surface area contributed by atoms with Gasteiger partial charge in [-0.25, -0.2) is 4.98 Å². The zero-order valence-corrected chi connectivity index (χ0v) is 14.6. The average molecular weight is 367 g/mol. The normalized spacial score (nSPS) is 16.3. The number of hydrogen-bond donors (Lipinski definition) is 0. The number of oxazole rings is 1. The van der Waals surface area contributed by atoms with E-state index in [1.165, 1.54) is 12.1 Å². The van der Waals surface area contributed by atoms with Gasteiger partial charge in [-0.1, -0.05) is 6.07 Å². The number of aryl methyl sites for hydroxylation is 1. The minimum atomic E-state index is -4.42. The van der Waals surface area contributed by atoms with E-state index >= 15 is 0 Å². The second-order valence-electron chi connectivity index (χ2n) is 6.28. The molecule has 0 saturated carbocycles. The Labute approximate surface area is 149 Å². The minimum absolute atomic E-state index is 0.0676. The summed E-state index contributed by atoms with van der Waals surface area (Å²) in [4.78, 5) is 20.1. The number of piperazine rings is 1. The van der Waals surface area contributed by atoms with Gasteiger partial charge < -0.3 is 9.32 Å². The van der Waals surface area contributed by atoms with Crippen molar-refractivity contribution in [3.8, 4) is 11.5 Å². The third-order valence-corrected chi connectivity index (χ3v) is 4.48. The van der Waals surface area contributed by atoms with Gasteiger partial charge in [0.15, 0.2) is 0 Å². The molecule has 5 nitrogen and oxygen atoms in total. The Bertz CT molecular complexity index is 801. The van der Waals surface area contributed by atoms with Crippen LogP contribution < -0.4 is 0 Å². The minimum Gasteiger partial charge on any atom is -0.441 e. The van der Waals surface area contributed by atoms with Gasteiger partial charge in [0, 0.05) is 31.7 Å². The number of likely N-dealkylation sites (N-methyl/N-ethyl adjacent to an activating group) is 1. The van der Waals surface area contributed by atoms with Crippen LogP contribution in [0.2, 0.25) is 0 Å². The number of hydrogen-bond acceptors (Lipinski definition) is 4. The predicted molar refractivity (Wildman–Crippen MR) is 89.2 cm³/mol. The lowest BCUT2D eigenvalue weighted by atomic mass is 10.1. The van der Waals surface area contributed by atoms with E-state index in [0.29, 0.717) is 37.6 Å². The Morgan fingerprint density at radius 1 is 1.27 bits per heavy atom. The van der Waals surface area contributed by atoms with Crippen LogP contribution in [0.3, 0.4) is 0 Å². The van der Waals surface area contributed by atoms with Crippen LogP contribution in [-0.4, -0.2) is 46.9 Å². The number of nitrogens with zero attached hydrogens (tertiary/aromatic N) is 3. The van der Waals surface area contributed by atoms with Gasteiger partial charge in [0.1, 0.15) is 5.76 Å². The van der Waals surface area contributed by atoms with E-state index in [2.05, 4.69) is 4.98 Å². The number of aromatic nitrogens is 1. The van der Waals surface area contributed by atoms with E-state index in [-0.39, 0.29) is 17.4 Å². The standard InChI is InChI=1S/C18H20F3N3O2/c1-3-24-8-7-23(11-16(24)25)10-15-12(2)26-17(22-15)13-5-4-6-14(9-13)18(19,20)21/h4-6,9H,3,7-8,10-11H2,1-2H3. The molecule has 2 aromatic rings. The number of benzene rings is 1. The molecule has 140 valence electrons. The lowest BCUT2D eigenvalue weighted by Crippen LogP contribution is -2.49. The molecule has 8 heteroatoms. The van der Waals surface area contributed by atoms with Crippen LogP contribution in [-0.2, 0) is 17.5 Å². The van der Waals surface area contributed by atoms with Crippen molar-refractivity contribution >= 4 is 5.91 Å². The Morgan fingerprint density at radius 3 is 2.69 bits per heavy atom. The second kappa shape index (κ2) is 7.11. The molecule has 26 heavy (non-hydrogen) atoms. The van der Waals surface area contributed by atoms with Crippen LogP contribution in [0.1, 0.15) is 23.9 Å². The lowest BCUT2D eigenvalue weighted by molar-refractivity contribution is -0.137. The van der Waals surface area contributed by atoms with Gasteiger partial charge in [-0.05, 0) is 32.0 Å². The smallest absolute Gasteiger partial charge is 0.416 e. The van der Waals surface area contributed by atoms with E-state index in [0.717, 1.165) is 18.7 Å².